The molecule has 1 fully saturated rings. The number of allylic oxidation sites excluding steroid dienone is 1. The van der Waals surface area contributed by atoms with Crippen molar-refractivity contribution in [2.45, 2.75) is 19.0 Å². The van der Waals surface area contributed by atoms with E-state index in [1.807, 2.05) is 0 Å². The van der Waals surface area contributed by atoms with Crippen LogP contribution >= 0.6 is 0 Å². The Morgan fingerprint density at radius 3 is 2.70 bits per heavy atom. The number of methoxy groups -OCH3 is 1. The van der Waals surface area contributed by atoms with Crippen LogP contribution in [0.25, 0.3) is 0 Å². The molecule has 0 bridgehead atoms. The minimum Gasteiger partial charge on any atom is -0.496 e. The van der Waals surface area contributed by atoms with Crippen molar-refractivity contribution >= 4 is 17.9 Å². The monoisotopic (exact) mass is 371 g/mol. The molecule has 8 nitrogen and oxygen atoms in total. The highest BCUT2D eigenvalue weighted by atomic mass is 16.5. The van der Waals surface area contributed by atoms with E-state index in [0.717, 1.165) is 0 Å². The van der Waals surface area contributed by atoms with Crippen LogP contribution in [0, 0.1) is 5.92 Å². The number of esters is 1. The van der Waals surface area contributed by atoms with E-state index in [1.54, 1.807) is 31.2 Å². The predicted molar refractivity (Wildman–Crippen MR) is 96.7 cm³/mol. The summed E-state index contributed by atoms with van der Waals surface area (Å²) < 4.78 is 10.7. The van der Waals surface area contributed by atoms with Crippen LogP contribution in [0.3, 0.4) is 0 Å². The van der Waals surface area contributed by atoms with Gasteiger partial charge in [0, 0.05) is 17.2 Å². The molecule has 0 spiro atoms. The van der Waals surface area contributed by atoms with Crippen molar-refractivity contribution in [3.63, 3.8) is 0 Å². The fourth-order valence-electron chi connectivity index (χ4n) is 3.57. The van der Waals surface area contributed by atoms with Crippen molar-refractivity contribution in [3.8, 4) is 5.75 Å². The van der Waals surface area contributed by atoms with E-state index in [0.29, 0.717) is 22.6 Å². The van der Waals surface area contributed by atoms with Crippen LogP contribution in [0.15, 0.2) is 48.2 Å². The number of hydrogen-bond donors (Lipinski definition) is 3. The van der Waals surface area contributed by atoms with Crippen LogP contribution in [-0.4, -0.2) is 37.8 Å². The van der Waals surface area contributed by atoms with E-state index in [1.165, 1.54) is 13.2 Å². The first-order chi connectivity index (χ1) is 13.0. The summed E-state index contributed by atoms with van der Waals surface area (Å²) in [6.45, 7) is 5.30. The van der Waals surface area contributed by atoms with Gasteiger partial charge < -0.3 is 20.1 Å². The Morgan fingerprint density at radius 2 is 2.00 bits per heavy atom. The van der Waals surface area contributed by atoms with E-state index in [4.69, 9.17) is 9.47 Å². The van der Waals surface area contributed by atoms with Crippen molar-refractivity contribution in [2.75, 3.05) is 13.7 Å². The lowest BCUT2D eigenvalue weighted by molar-refractivity contribution is -0.139. The smallest absolute Gasteiger partial charge is 0.336 e. The zero-order valence-corrected chi connectivity index (χ0v) is 15.1. The molecule has 1 aromatic carbocycles. The molecule has 2 aliphatic heterocycles. The highest BCUT2D eigenvalue weighted by Gasteiger charge is 2.49. The molecule has 2 heterocycles. The molecule has 2 aliphatic rings. The first-order valence-corrected chi connectivity index (χ1v) is 8.47. The summed E-state index contributed by atoms with van der Waals surface area (Å²) in [6, 6.07) is 6.57. The lowest BCUT2D eigenvalue weighted by Gasteiger charge is -2.42. The maximum Gasteiger partial charge on any atom is 0.336 e. The van der Waals surface area contributed by atoms with Crippen LogP contribution in [0.1, 0.15) is 18.4 Å². The van der Waals surface area contributed by atoms with E-state index >= 15 is 0 Å². The Labute approximate surface area is 156 Å². The zero-order chi connectivity index (χ0) is 19.6. The molecule has 27 heavy (non-hydrogen) atoms. The molecule has 0 aromatic heterocycles. The Kier molecular flexibility index (Phi) is 5.16. The van der Waals surface area contributed by atoms with Crippen molar-refractivity contribution in [1.82, 2.24) is 16.0 Å². The number of urea groups is 1. The second-order valence-electron chi connectivity index (χ2n) is 6.26. The van der Waals surface area contributed by atoms with Crippen LogP contribution in [-0.2, 0) is 14.3 Å². The average Bonchev–Trinajstić information content (AvgIpc) is 2.64. The van der Waals surface area contributed by atoms with Crippen molar-refractivity contribution in [1.29, 1.82) is 0 Å². The van der Waals surface area contributed by atoms with Crippen LogP contribution < -0.4 is 20.7 Å². The minimum absolute atomic E-state index is 0.0469. The van der Waals surface area contributed by atoms with Gasteiger partial charge in [-0.1, -0.05) is 30.9 Å². The molecule has 1 aromatic rings. The Morgan fingerprint density at radius 1 is 1.26 bits per heavy atom. The summed E-state index contributed by atoms with van der Waals surface area (Å²) >= 11 is 0. The third kappa shape index (κ3) is 3.38. The molecular weight excluding hydrogens is 350 g/mol. The Hall–Kier alpha value is -3.29. The maximum absolute atomic E-state index is 12.8. The fraction of sp³-hybridized carbons (Fsp3) is 0.316. The molecule has 0 saturated carbocycles. The number of para-hydroxylation sites is 1. The first kappa shape index (κ1) is 18.5. The van der Waals surface area contributed by atoms with Crippen molar-refractivity contribution < 1.29 is 23.9 Å². The Bertz CT molecular complexity index is 832. The number of imide groups is 1. The first-order valence-electron chi connectivity index (χ1n) is 8.47. The summed E-state index contributed by atoms with van der Waals surface area (Å²) in [7, 11) is 1.52. The third-order valence-corrected chi connectivity index (χ3v) is 4.66. The zero-order valence-electron chi connectivity index (χ0n) is 15.1. The van der Waals surface area contributed by atoms with E-state index < -0.39 is 35.9 Å². The molecule has 3 rings (SSSR count). The molecule has 8 heteroatoms. The molecule has 3 N–H and O–H groups in total. The summed E-state index contributed by atoms with van der Waals surface area (Å²) in [4.78, 5) is 37.2. The number of benzene rings is 1. The second kappa shape index (κ2) is 7.53. The van der Waals surface area contributed by atoms with Crippen LogP contribution in [0.4, 0.5) is 4.79 Å². The topological polar surface area (TPSA) is 106 Å². The summed E-state index contributed by atoms with van der Waals surface area (Å²) in [5.74, 6) is -1.92. The SMILES string of the molecule is C=CCOC(=O)C1=C(C)NC2NC(=O)NC(=O)C2C1c1ccccc1OC. The fourth-order valence-corrected chi connectivity index (χ4v) is 3.57. The highest BCUT2D eigenvalue weighted by molar-refractivity contribution is 6.01. The number of rotatable bonds is 5. The second-order valence-corrected chi connectivity index (χ2v) is 6.26. The minimum atomic E-state index is -0.756. The number of amides is 3. The number of ether oxygens (including phenoxy) is 2. The van der Waals surface area contributed by atoms with E-state index in [2.05, 4.69) is 22.5 Å². The third-order valence-electron chi connectivity index (χ3n) is 4.66. The number of carbonyl (C=O) groups excluding carboxylic acids is 3. The van der Waals surface area contributed by atoms with Crippen molar-refractivity contribution in [2.24, 2.45) is 5.92 Å². The van der Waals surface area contributed by atoms with Gasteiger partial charge in [-0.15, -0.1) is 0 Å². The molecule has 3 unspecified atom stereocenters. The quantitative estimate of drug-likeness (QED) is 0.530. The molecule has 3 amide bonds. The normalized spacial score (nSPS) is 24.1. The maximum atomic E-state index is 12.8. The molecule has 3 atom stereocenters. The van der Waals surface area contributed by atoms with Gasteiger partial charge in [-0.2, -0.15) is 0 Å². The van der Waals surface area contributed by atoms with Gasteiger partial charge in [0.25, 0.3) is 0 Å². The molecular formula is C19H21N3O5. The highest BCUT2D eigenvalue weighted by Crippen LogP contribution is 2.43. The van der Waals surface area contributed by atoms with E-state index in [9.17, 15) is 14.4 Å². The van der Waals surface area contributed by atoms with Gasteiger partial charge in [0.15, 0.2) is 0 Å². The molecule has 0 aliphatic carbocycles. The summed E-state index contributed by atoms with van der Waals surface area (Å²) in [5, 5.41) is 8.01. The lowest BCUT2D eigenvalue weighted by atomic mass is 9.74. The predicted octanol–water partition coefficient (Wildman–Crippen LogP) is 1.17. The van der Waals surface area contributed by atoms with Gasteiger partial charge in [0.2, 0.25) is 5.91 Å². The largest absolute Gasteiger partial charge is 0.496 e. The van der Waals surface area contributed by atoms with Crippen molar-refractivity contribution in [3.05, 3.63) is 53.8 Å². The Balaban J connectivity index is 2.15. The van der Waals surface area contributed by atoms with E-state index in [-0.39, 0.29) is 6.61 Å². The summed E-state index contributed by atoms with van der Waals surface area (Å²) in [6.07, 6.45) is 0.815. The lowest BCUT2D eigenvalue weighted by Crippen LogP contribution is -2.66. The molecule has 0 radical (unpaired) electrons. The number of hydrogen-bond acceptors (Lipinski definition) is 6. The van der Waals surface area contributed by atoms with Crippen LogP contribution in [0.2, 0.25) is 0 Å². The van der Waals surface area contributed by atoms with Gasteiger partial charge in [0.05, 0.1) is 18.6 Å². The number of carbonyl (C=O) groups is 3. The van der Waals surface area contributed by atoms with Gasteiger partial charge in [-0.25, -0.2) is 9.59 Å². The van der Waals surface area contributed by atoms with Gasteiger partial charge in [-0.05, 0) is 13.0 Å². The average molecular weight is 371 g/mol. The standard InChI is InChI=1S/C19H21N3O5/c1-4-9-27-18(24)13-10(2)20-16-15(17(23)22-19(25)21-16)14(13)11-7-5-6-8-12(11)26-3/h4-8,14-16,20H,1,9H2,2-3H3,(H2,21,22,23,25). The summed E-state index contributed by atoms with van der Waals surface area (Å²) in [5.41, 5.74) is 1.50. The number of fused-ring (bicyclic) bond motifs is 1. The van der Waals surface area contributed by atoms with Gasteiger partial charge in [-0.3, -0.25) is 10.1 Å². The van der Waals surface area contributed by atoms with Gasteiger partial charge in [0.1, 0.15) is 18.5 Å². The van der Waals surface area contributed by atoms with Crippen LogP contribution in [0.5, 0.6) is 5.75 Å². The molecule has 142 valence electrons. The molecule has 1 saturated heterocycles. The number of nitrogens with one attached hydrogen (secondary N) is 3. The van der Waals surface area contributed by atoms with Gasteiger partial charge >= 0.3 is 12.0 Å².